The van der Waals surface area contributed by atoms with Crippen molar-refractivity contribution < 1.29 is 9.53 Å². The summed E-state index contributed by atoms with van der Waals surface area (Å²) in [5.74, 6) is 1.88. The Balaban J connectivity index is 1.63. The topological polar surface area (TPSA) is 81.1 Å². The van der Waals surface area contributed by atoms with Gasteiger partial charge in [0, 0.05) is 18.0 Å². The molecule has 1 saturated heterocycles. The molecule has 0 bridgehead atoms. The van der Waals surface area contributed by atoms with E-state index in [9.17, 15) is 4.79 Å². The van der Waals surface area contributed by atoms with Gasteiger partial charge >= 0.3 is 0 Å². The number of aryl methyl sites for hydroxylation is 2. The quantitative estimate of drug-likeness (QED) is 0.837. The van der Waals surface area contributed by atoms with Crippen LogP contribution in [0.1, 0.15) is 37.1 Å². The first-order valence-corrected chi connectivity index (χ1v) is 9.17. The summed E-state index contributed by atoms with van der Waals surface area (Å²) in [6.45, 7) is 5.52. The third-order valence-corrected chi connectivity index (χ3v) is 4.95. The number of carbonyl (C=O) groups is 1. The monoisotopic (exact) mass is 377 g/mol. The number of nitrogens with zero attached hydrogens (tertiary/aromatic N) is 3. The molecule has 0 spiro atoms. The molecule has 1 aliphatic heterocycles. The van der Waals surface area contributed by atoms with Crippen LogP contribution in [0.5, 0.6) is 5.75 Å². The van der Waals surface area contributed by atoms with Crippen molar-refractivity contribution >= 4 is 23.5 Å². The maximum Gasteiger partial charge on any atom is 0.267 e. The number of ether oxygens (including phenoxy) is 1. The Hall–Kier alpha value is -2.12. The number of hydrogen-bond donors (Lipinski definition) is 2. The molecule has 1 fully saturated rings. The molecule has 3 rings (SSSR count). The molecule has 2 N–H and O–H groups in total. The third-order valence-electron chi connectivity index (χ3n) is 4.53. The van der Waals surface area contributed by atoms with Crippen LogP contribution in [0.4, 0.5) is 5.95 Å². The SMILES string of the molecule is Cc1cc(OC(C)C(=O)Nc2nc(C3CCNCC3)nn2C)ccc1Cl. The van der Waals surface area contributed by atoms with E-state index in [-0.39, 0.29) is 5.91 Å². The van der Waals surface area contributed by atoms with Crippen LogP contribution in [-0.2, 0) is 11.8 Å². The number of halogens is 1. The Bertz CT molecular complexity index is 786. The second-order valence-corrected chi connectivity index (χ2v) is 7.01. The minimum absolute atomic E-state index is 0.273. The van der Waals surface area contributed by atoms with Gasteiger partial charge in [-0.1, -0.05) is 11.6 Å². The third kappa shape index (κ3) is 4.34. The summed E-state index contributed by atoms with van der Waals surface area (Å²) in [5.41, 5.74) is 0.900. The lowest BCUT2D eigenvalue weighted by Gasteiger charge is -2.19. The van der Waals surface area contributed by atoms with E-state index in [0.29, 0.717) is 22.6 Å². The molecule has 0 saturated carbocycles. The molecular formula is C18H24ClN5O2. The molecule has 0 aliphatic carbocycles. The smallest absolute Gasteiger partial charge is 0.267 e. The minimum atomic E-state index is -0.672. The Kier molecular flexibility index (Phi) is 5.78. The second kappa shape index (κ2) is 8.05. The van der Waals surface area contributed by atoms with Gasteiger partial charge in [0.15, 0.2) is 11.9 Å². The number of piperidine rings is 1. The van der Waals surface area contributed by atoms with Gasteiger partial charge in [-0.3, -0.25) is 10.1 Å². The van der Waals surface area contributed by atoms with Crippen molar-refractivity contribution in [2.24, 2.45) is 7.05 Å². The van der Waals surface area contributed by atoms with Crippen LogP contribution in [-0.4, -0.2) is 39.9 Å². The van der Waals surface area contributed by atoms with Crippen molar-refractivity contribution in [3.8, 4) is 5.75 Å². The van der Waals surface area contributed by atoms with Crippen LogP contribution < -0.4 is 15.4 Å². The van der Waals surface area contributed by atoms with E-state index < -0.39 is 6.10 Å². The lowest BCUT2D eigenvalue weighted by atomic mass is 9.98. The number of hydrogen-bond acceptors (Lipinski definition) is 5. The largest absolute Gasteiger partial charge is 0.481 e. The zero-order chi connectivity index (χ0) is 18.7. The van der Waals surface area contributed by atoms with Gasteiger partial charge in [0.05, 0.1) is 0 Å². The Morgan fingerprint density at radius 3 is 2.85 bits per heavy atom. The predicted octanol–water partition coefficient (Wildman–Crippen LogP) is 2.65. The first kappa shape index (κ1) is 18.7. The number of benzene rings is 1. The summed E-state index contributed by atoms with van der Waals surface area (Å²) in [4.78, 5) is 17.0. The number of carbonyl (C=O) groups excluding carboxylic acids is 1. The van der Waals surface area contributed by atoms with Gasteiger partial charge in [-0.25, -0.2) is 4.68 Å². The maximum absolute atomic E-state index is 12.5. The Morgan fingerprint density at radius 2 is 2.15 bits per heavy atom. The normalized spacial score (nSPS) is 16.3. The molecule has 1 amide bonds. The molecule has 1 atom stereocenters. The van der Waals surface area contributed by atoms with Crippen LogP contribution in [0.15, 0.2) is 18.2 Å². The molecule has 7 nitrogen and oxygen atoms in total. The molecule has 1 aliphatic rings. The summed E-state index contributed by atoms with van der Waals surface area (Å²) >= 11 is 6.01. The second-order valence-electron chi connectivity index (χ2n) is 6.60. The standard InChI is InChI=1S/C18H24ClN5O2/c1-11-10-14(4-5-15(11)19)26-12(2)17(25)22-18-21-16(23-24(18)3)13-6-8-20-9-7-13/h4-5,10,12-13,20H,6-9H2,1-3H3,(H,21,22,23,25). The predicted molar refractivity (Wildman–Crippen MR) is 101 cm³/mol. The van der Waals surface area contributed by atoms with E-state index >= 15 is 0 Å². The zero-order valence-corrected chi connectivity index (χ0v) is 16.0. The molecule has 1 aromatic carbocycles. The maximum atomic E-state index is 12.5. The van der Waals surface area contributed by atoms with Gasteiger partial charge in [-0.2, -0.15) is 10.1 Å². The molecule has 26 heavy (non-hydrogen) atoms. The van der Waals surface area contributed by atoms with Crippen molar-refractivity contribution in [2.75, 3.05) is 18.4 Å². The van der Waals surface area contributed by atoms with E-state index in [1.54, 1.807) is 30.8 Å². The summed E-state index contributed by atoms with van der Waals surface area (Å²) < 4.78 is 7.32. The van der Waals surface area contributed by atoms with E-state index in [1.807, 2.05) is 13.0 Å². The molecule has 8 heteroatoms. The van der Waals surface area contributed by atoms with Crippen molar-refractivity contribution in [3.05, 3.63) is 34.6 Å². The van der Waals surface area contributed by atoms with Crippen LogP contribution >= 0.6 is 11.6 Å². The number of anilines is 1. The highest BCUT2D eigenvalue weighted by molar-refractivity contribution is 6.31. The highest BCUT2D eigenvalue weighted by Gasteiger charge is 2.23. The lowest BCUT2D eigenvalue weighted by molar-refractivity contribution is -0.122. The van der Waals surface area contributed by atoms with E-state index in [2.05, 4.69) is 20.7 Å². The van der Waals surface area contributed by atoms with Gasteiger partial charge in [-0.15, -0.1) is 0 Å². The van der Waals surface area contributed by atoms with Crippen molar-refractivity contribution in [1.82, 2.24) is 20.1 Å². The fourth-order valence-electron chi connectivity index (χ4n) is 2.93. The molecule has 1 aromatic heterocycles. The lowest BCUT2D eigenvalue weighted by Crippen LogP contribution is -2.31. The van der Waals surface area contributed by atoms with Gasteiger partial charge in [0.1, 0.15) is 5.75 Å². The minimum Gasteiger partial charge on any atom is -0.481 e. The van der Waals surface area contributed by atoms with Crippen LogP contribution in [0, 0.1) is 6.92 Å². The number of amides is 1. The number of aromatic nitrogens is 3. The Labute approximate surface area is 158 Å². The van der Waals surface area contributed by atoms with Crippen molar-refractivity contribution in [2.45, 2.75) is 38.7 Å². The number of nitrogens with one attached hydrogen (secondary N) is 2. The summed E-state index contributed by atoms with van der Waals surface area (Å²) in [6, 6.07) is 5.31. The van der Waals surface area contributed by atoms with Crippen LogP contribution in [0.2, 0.25) is 5.02 Å². The molecule has 2 aromatic rings. The summed E-state index contributed by atoms with van der Waals surface area (Å²) in [6.07, 6.45) is 1.34. The zero-order valence-electron chi connectivity index (χ0n) is 15.3. The first-order chi connectivity index (χ1) is 12.4. The van der Waals surface area contributed by atoms with Gasteiger partial charge in [0.25, 0.3) is 5.91 Å². The summed E-state index contributed by atoms with van der Waals surface area (Å²) in [5, 5.41) is 11.3. The first-order valence-electron chi connectivity index (χ1n) is 8.79. The van der Waals surface area contributed by atoms with Gasteiger partial charge in [-0.05, 0) is 63.5 Å². The van der Waals surface area contributed by atoms with E-state index in [0.717, 1.165) is 37.3 Å². The van der Waals surface area contributed by atoms with Crippen molar-refractivity contribution in [1.29, 1.82) is 0 Å². The number of rotatable bonds is 5. The Morgan fingerprint density at radius 1 is 1.42 bits per heavy atom. The summed E-state index contributed by atoms with van der Waals surface area (Å²) in [7, 11) is 1.78. The molecule has 2 heterocycles. The van der Waals surface area contributed by atoms with Gasteiger partial charge < -0.3 is 10.1 Å². The van der Waals surface area contributed by atoms with E-state index in [1.165, 1.54) is 0 Å². The average molecular weight is 378 g/mol. The highest BCUT2D eigenvalue weighted by atomic mass is 35.5. The van der Waals surface area contributed by atoms with Crippen LogP contribution in [0.3, 0.4) is 0 Å². The highest BCUT2D eigenvalue weighted by Crippen LogP contribution is 2.24. The molecule has 0 radical (unpaired) electrons. The fourth-order valence-corrected chi connectivity index (χ4v) is 3.04. The molecular weight excluding hydrogens is 354 g/mol. The molecule has 140 valence electrons. The fraction of sp³-hybridized carbons (Fsp3) is 0.500. The average Bonchev–Trinajstić information content (AvgIpc) is 2.99. The van der Waals surface area contributed by atoms with Crippen molar-refractivity contribution in [3.63, 3.8) is 0 Å². The van der Waals surface area contributed by atoms with Crippen LogP contribution in [0.25, 0.3) is 0 Å². The van der Waals surface area contributed by atoms with Gasteiger partial charge in [0.2, 0.25) is 5.95 Å². The molecule has 1 unspecified atom stereocenters. The van der Waals surface area contributed by atoms with E-state index in [4.69, 9.17) is 16.3 Å².